The number of hydrogen-bond donors (Lipinski definition) is 1. The maximum absolute atomic E-state index is 5.95. The van der Waals surface area contributed by atoms with Crippen LogP contribution in [-0.4, -0.2) is 46.2 Å². The average molecular weight is 233 g/mol. The zero-order valence-corrected chi connectivity index (χ0v) is 11.1. The molecule has 0 amide bonds. The van der Waals surface area contributed by atoms with Crippen molar-refractivity contribution in [3.05, 3.63) is 0 Å². The second-order valence-electron chi connectivity index (χ2n) is 5.01. The lowest BCUT2D eigenvalue weighted by molar-refractivity contribution is 0.0259. The summed E-state index contributed by atoms with van der Waals surface area (Å²) in [6.07, 6.45) is 0.929. The van der Waals surface area contributed by atoms with Crippen LogP contribution in [0.4, 0.5) is 0 Å². The molecule has 0 bridgehead atoms. The highest BCUT2D eigenvalue weighted by atomic mass is 16.5. The van der Waals surface area contributed by atoms with Crippen LogP contribution in [0.3, 0.4) is 0 Å². The van der Waals surface area contributed by atoms with Crippen molar-refractivity contribution < 1.29 is 14.2 Å². The van der Waals surface area contributed by atoms with Crippen LogP contribution in [0.1, 0.15) is 27.2 Å². The zero-order valence-electron chi connectivity index (χ0n) is 11.1. The molecule has 0 radical (unpaired) electrons. The average Bonchev–Trinajstić information content (AvgIpc) is 2.20. The first-order chi connectivity index (χ1) is 7.48. The highest BCUT2D eigenvalue weighted by Crippen LogP contribution is 2.17. The van der Waals surface area contributed by atoms with E-state index < -0.39 is 0 Å². The fourth-order valence-corrected chi connectivity index (χ4v) is 0.986. The minimum Gasteiger partial charge on any atom is -0.385 e. The van der Waals surface area contributed by atoms with Gasteiger partial charge in [-0.05, 0) is 11.8 Å². The SMILES string of the molecule is COCCCOCCOCC(N)C(C)(C)C. The van der Waals surface area contributed by atoms with Crippen LogP contribution in [0.5, 0.6) is 0 Å². The van der Waals surface area contributed by atoms with Gasteiger partial charge in [0.15, 0.2) is 0 Å². The minimum absolute atomic E-state index is 0.0704. The number of hydrogen-bond acceptors (Lipinski definition) is 4. The van der Waals surface area contributed by atoms with Gasteiger partial charge >= 0.3 is 0 Å². The number of ether oxygens (including phenoxy) is 3. The quantitative estimate of drug-likeness (QED) is 0.612. The van der Waals surface area contributed by atoms with Crippen LogP contribution in [0.15, 0.2) is 0 Å². The van der Waals surface area contributed by atoms with E-state index in [-0.39, 0.29) is 11.5 Å². The van der Waals surface area contributed by atoms with Crippen LogP contribution < -0.4 is 5.73 Å². The van der Waals surface area contributed by atoms with Crippen molar-refractivity contribution in [2.24, 2.45) is 11.1 Å². The van der Waals surface area contributed by atoms with Gasteiger partial charge in [-0.2, -0.15) is 0 Å². The van der Waals surface area contributed by atoms with Crippen LogP contribution in [0, 0.1) is 5.41 Å². The van der Waals surface area contributed by atoms with Crippen molar-refractivity contribution in [3.8, 4) is 0 Å². The Morgan fingerprint density at radius 3 is 2.19 bits per heavy atom. The lowest BCUT2D eigenvalue weighted by Crippen LogP contribution is -2.39. The molecular weight excluding hydrogens is 206 g/mol. The summed E-state index contributed by atoms with van der Waals surface area (Å²) in [6.45, 7) is 9.63. The van der Waals surface area contributed by atoms with E-state index in [2.05, 4.69) is 20.8 Å². The molecule has 0 spiro atoms. The first kappa shape index (κ1) is 15.8. The number of methoxy groups -OCH3 is 1. The van der Waals surface area contributed by atoms with Gasteiger partial charge in [0, 0.05) is 26.4 Å². The third kappa shape index (κ3) is 9.09. The zero-order chi connectivity index (χ0) is 12.4. The normalized spacial score (nSPS) is 14.1. The summed E-state index contributed by atoms with van der Waals surface area (Å²) >= 11 is 0. The van der Waals surface area contributed by atoms with Crippen molar-refractivity contribution in [1.29, 1.82) is 0 Å². The first-order valence-electron chi connectivity index (χ1n) is 5.88. The van der Waals surface area contributed by atoms with E-state index in [0.717, 1.165) is 19.6 Å². The van der Waals surface area contributed by atoms with E-state index in [0.29, 0.717) is 19.8 Å². The smallest absolute Gasteiger partial charge is 0.0701 e. The van der Waals surface area contributed by atoms with Crippen LogP contribution >= 0.6 is 0 Å². The Kier molecular flexibility index (Phi) is 8.84. The van der Waals surface area contributed by atoms with Gasteiger partial charge in [0.1, 0.15) is 0 Å². The third-order valence-corrected chi connectivity index (χ3v) is 2.42. The summed E-state index contributed by atoms with van der Waals surface area (Å²) in [5.41, 5.74) is 6.05. The molecule has 4 heteroatoms. The van der Waals surface area contributed by atoms with Crippen LogP contribution in [-0.2, 0) is 14.2 Å². The molecule has 0 aliphatic carbocycles. The summed E-state index contributed by atoms with van der Waals surface area (Å²) < 4.78 is 15.7. The molecule has 1 atom stereocenters. The fraction of sp³-hybridized carbons (Fsp3) is 1.00. The second kappa shape index (κ2) is 8.93. The van der Waals surface area contributed by atoms with Gasteiger partial charge in [0.25, 0.3) is 0 Å². The van der Waals surface area contributed by atoms with Gasteiger partial charge < -0.3 is 19.9 Å². The predicted molar refractivity (Wildman–Crippen MR) is 65.6 cm³/mol. The monoisotopic (exact) mass is 233 g/mol. The van der Waals surface area contributed by atoms with Crippen LogP contribution in [0.25, 0.3) is 0 Å². The number of rotatable bonds is 9. The number of nitrogens with two attached hydrogens (primary N) is 1. The van der Waals surface area contributed by atoms with Gasteiger partial charge in [-0.25, -0.2) is 0 Å². The maximum Gasteiger partial charge on any atom is 0.0701 e. The van der Waals surface area contributed by atoms with E-state index >= 15 is 0 Å². The first-order valence-corrected chi connectivity index (χ1v) is 5.88. The summed E-state index contributed by atoms with van der Waals surface area (Å²) in [5, 5.41) is 0. The summed E-state index contributed by atoms with van der Waals surface area (Å²) in [7, 11) is 1.69. The predicted octanol–water partition coefficient (Wildman–Crippen LogP) is 1.43. The Balaban J connectivity index is 3.21. The summed E-state index contributed by atoms with van der Waals surface area (Å²) in [4.78, 5) is 0. The van der Waals surface area contributed by atoms with Crippen molar-refractivity contribution in [2.75, 3.05) is 40.1 Å². The van der Waals surface area contributed by atoms with E-state index in [1.54, 1.807) is 7.11 Å². The molecule has 0 aromatic carbocycles. The lowest BCUT2D eigenvalue weighted by atomic mass is 9.88. The summed E-state index contributed by atoms with van der Waals surface area (Å²) in [6, 6.07) is 0.0704. The molecule has 0 aliphatic heterocycles. The van der Waals surface area contributed by atoms with Crippen molar-refractivity contribution in [1.82, 2.24) is 0 Å². The minimum atomic E-state index is 0.0704. The van der Waals surface area contributed by atoms with Crippen molar-refractivity contribution in [2.45, 2.75) is 33.2 Å². The van der Waals surface area contributed by atoms with Gasteiger partial charge in [-0.1, -0.05) is 20.8 Å². The molecule has 1 unspecified atom stereocenters. The largest absolute Gasteiger partial charge is 0.385 e. The molecular formula is C12H27NO3. The molecule has 16 heavy (non-hydrogen) atoms. The molecule has 0 aromatic rings. The second-order valence-corrected chi connectivity index (χ2v) is 5.01. The third-order valence-electron chi connectivity index (χ3n) is 2.42. The molecule has 4 nitrogen and oxygen atoms in total. The molecule has 2 N–H and O–H groups in total. The topological polar surface area (TPSA) is 53.7 Å². The molecule has 0 aromatic heterocycles. The van der Waals surface area contributed by atoms with Gasteiger partial charge in [-0.15, -0.1) is 0 Å². The molecule has 0 saturated carbocycles. The Morgan fingerprint density at radius 1 is 1.00 bits per heavy atom. The standard InChI is InChI=1S/C12H27NO3/c1-12(2,3)11(13)10-16-9-8-15-7-5-6-14-4/h11H,5-10,13H2,1-4H3. The molecule has 0 heterocycles. The molecule has 0 saturated heterocycles. The highest BCUT2D eigenvalue weighted by molar-refractivity contribution is 4.76. The maximum atomic E-state index is 5.95. The Bertz CT molecular complexity index is 157. The van der Waals surface area contributed by atoms with Gasteiger partial charge in [0.05, 0.1) is 19.8 Å². The van der Waals surface area contributed by atoms with Crippen molar-refractivity contribution in [3.63, 3.8) is 0 Å². The Labute approximate surface area is 99.4 Å². The molecule has 98 valence electrons. The van der Waals surface area contributed by atoms with Crippen LogP contribution in [0.2, 0.25) is 0 Å². The van der Waals surface area contributed by atoms with Gasteiger partial charge in [-0.3, -0.25) is 0 Å². The Morgan fingerprint density at radius 2 is 1.62 bits per heavy atom. The molecule has 0 rings (SSSR count). The van der Waals surface area contributed by atoms with Gasteiger partial charge in [0.2, 0.25) is 0 Å². The van der Waals surface area contributed by atoms with E-state index in [1.165, 1.54) is 0 Å². The molecule has 0 aliphatic rings. The fourth-order valence-electron chi connectivity index (χ4n) is 0.986. The molecule has 0 fully saturated rings. The lowest BCUT2D eigenvalue weighted by Gasteiger charge is -2.26. The van der Waals surface area contributed by atoms with E-state index in [9.17, 15) is 0 Å². The Hall–Kier alpha value is -0.160. The highest BCUT2D eigenvalue weighted by Gasteiger charge is 2.20. The van der Waals surface area contributed by atoms with Crippen molar-refractivity contribution >= 4 is 0 Å². The van der Waals surface area contributed by atoms with E-state index in [1.807, 2.05) is 0 Å². The summed E-state index contributed by atoms with van der Waals surface area (Å²) in [5.74, 6) is 0. The van der Waals surface area contributed by atoms with E-state index in [4.69, 9.17) is 19.9 Å².